The number of thiophene rings is 1. The van der Waals surface area contributed by atoms with E-state index in [-0.39, 0.29) is 11.2 Å². The van der Waals surface area contributed by atoms with Crippen molar-refractivity contribution in [2.24, 2.45) is 0 Å². The molecule has 0 aliphatic rings. The molecule has 1 amide bonds. The van der Waals surface area contributed by atoms with E-state index in [2.05, 4.69) is 23.0 Å². The van der Waals surface area contributed by atoms with Crippen LogP contribution in [0.2, 0.25) is 0 Å². The molecule has 3 aromatic rings. The number of amides is 1. The number of para-hydroxylation sites is 1. The van der Waals surface area contributed by atoms with Crippen LogP contribution in [-0.4, -0.2) is 28.2 Å². The highest BCUT2D eigenvalue weighted by Crippen LogP contribution is 2.34. The molecular formula is C19H21N3OS2. The molecule has 1 atom stereocenters. The van der Waals surface area contributed by atoms with Gasteiger partial charge in [0.15, 0.2) is 0 Å². The Morgan fingerprint density at radius 3 is 2.68 bits per heavy atom. The van der Waals surface area contributed by atoms with E-state index < -0.39 is 0 Å². The standard InChI is InChI=1S/C19H21N3OS2/c1-5-15-11-16-17(20-13(3)21-18(16)25-15)24-12(2)19(23)22(4)14-9-7-6-8-10-14/h6-12H,5H2,1-4H3. The Balaban J connectivity index is 1.85. The van der Waals surface area contributed by atoms with E-state index in [0.717, 1.165) is 33.2 Å². The third-order valence-corrected chi connectivity index (χ3v) is 6.24. The number of nitrogens with zero attached hydrogens (tertiary/aromatic N) is 3. The number of thioether (sulfide) groups is 1. The monoisotopic (exact) mass is 371 g/mol. The Bertz CT molecular complexity index is 892. The first-order chi connectivity index (χ1) is 12.0. The Morgan fingerprint density at radius 1 is 1.28 bits per heavy atom. The van der Waals surface area contributed by atoms with Crippen LogP contribution in [0.4, 0.5) is 5.69 Å². The lowest BCUT2D eigenvalue weighted by Crippen LogP contribution is -2.33. The zero-order valence-electron chi connectivity index (χ0n) is 14.8. The number of carbonyl (C=O) groups is 1. The smallest absolute Gasteiger partial charge is 0.239 e. The molecule has 1 aromatic carbocycles. The molecule has 3 rings (SSSR count). The van der Waals surface area contributed by atoms with Crippen LogP contribution >= 0.6 is 23.1 Å². The molecule has 0 saturated heterocycles. The molecule has 0 aliphatic carbocycles. The number of hydrogen-bond donors (Lipinski definition) is 0. The Morgan fingerprint density at radius 2 is 2.00 bits per heavy atom. The van der Waals surface area contributed by atoms with Crippen molar-refractivity contribution in [3.05, 3.63) is 47.1 Å². The molecular weight excluding hydrogens is 350 g/mol. The summed E-state index contributed by atoms with van der Waals surface area (Å²) in [7, 11) is 1.81. The third-order valence-electron chi connectivity index (χ3n) is 3.98. The van der Waals surface area contributed by atoms with Gasteiger partial charge >= 0.3 is 0 Å². The van der Waals surface area contributed by atoms with Crippen LogP contribution in [0.1, 0.15) is 24.5 Å². The van der Waals surface area contributed by atoms with E-state index in [0.29, 0.717) is 0 Å². The molecule has 0 radical (unpaired) electrons. The third kappa shape index (κ3) is 3.85. The Hall–Kier alpha value is -1.92. The van der Waals surface area contributed by atoms with Gasteiger partial charge in [-0.1, -0.05) is 36.9 Å². The van der Waals surface area contributed by atoms with Gasteiger partial charge in [0.2, 0.25) is 5.91 Å². The number of anilines is 1. The predicted molar refractivity (Wildman–Crippen MR) is 107 cm³/mol. The van der Waals surface area contributed by atoms with Gasteiger partial charge in [0, 0.05) is 23.0 Å². The number of hydrogen-bond acceptors (Lipinski definition) is 5. The van der Waals surface area contributed by atoms with E-state index in [4.69, 9.17) is 0 Å². The van der Waals surface area contributed by atoms with Gasteiger partial charge in [-0.3, -0.25) is 4.79 Å². The van der Waals surface area contributed by atoms with Gasteiger partial charge in [-0.05, 0) is 38.5 Å². The minimum absolute atomic E-state index is 0.0616. The zero-order chi connectivity index (χ0) is 18.0. The van der Waals surface area contributed by atoms with Crippen molar-refractivity contribution < 1.29 is 4.79 Å². The molecule has 0 N–H and O–H groups in total. The highest BCUT2D eigenvalue weighted by atomic mass is 32.2. The molecule has 25 heavy (non-hydrogen) atoms. The van der Waals surface area contributed by atoms with E-state index in [1.165, 1.54) is 16.6 Å². The molecule has 2 aromatic heterocycles. The topological polar surface area (TPSA) is 46.1 Å². The summed E-state index contributed by atoms with van der Waals surface area (Å²) in [6.07, 6.45) is 0.982. The van der Waals surface area contributed by atoms with E-state index >= 15 is 0 Å². The van der Waals surface area contributed by atoms with Crippen LogP contribution in [0, 0.1) is 6.92 Å². The largest absolute Gasteiger partial charge is 0.315 e. The van der Waals surface area contributed by atoms with Gasteiger partial charge in [0.05, 0.1) is 5.25 Å². The van der Waals surface area contributed by atoms with Crippen LogP contribution in [0.25, 0.3) is 10.2 Å². The minimum Gasteiger partial charge on any atom is -0.315 e. The second-order valence-corrected chi connectivity index (χ2v) is 8.30. The highest BCUT2D eigenvalue weighted by molar-refractivity contribution is 8.00. The molecule has 6 heteroatoms. The van der Waals surface area contributed by atoms with Crippen LogP contribution in [0.15, 0.2) is 41.4 Å². The predicted octanol–water partition coefficient (Wildman–Crippen LogP) is 4.71. The molecule has 0 fully saturated rings. The maximum absolute atomic E-state index is 12.8. The fraction of sp³-hybridized carbons (Fsp3) is 0.316. The first-order valence-electron chi connectivity index (χ1n) is 8.26. The van der Waals surface area contributed by atoms with Crippen molar-refractivity contribution >= 4 is 44.9 Å². The lowest BCUT2D eigenvalue weighted by Gasteiger charge is -2.21. The second kappa shape index (κ2) is 7.54. The van der Waals surface area contributed by atoms with Crippen LogP contribution in [0.3, 0.4) is 0 Å². The number of carbonyl (C=O) groups excluding carboxylic acids is 1. The molecule has 0 saturated carbocycles. The maximum atomic E-state index is 12.8. The first kappa shape index (κ1) is 17.9. The van der Waals surface area contributed by atoms with Gasteiger partial charge in [-0.15, -0.1) is 11.3 Å². The van der Waals surface area contributed by atoms with E-state index in [1.54, 1.807) is 16.2 Å². The molecule has 0 bridgehead atoms. The molecule has 2 heterocycles. The molecule has 4 nitrogen and oxygen atoms in total. The van der Waals surface area contributed by atoms with Crippen molar-refractivity contribution in [3.8, 4) is 0 Å². The molecule has 1 unspecified atom stereocenters. The minimum atomic E-state index is -0.229. The van der Waals surface area contributed by atoms with Crippen LogP contribution in [-0.2, 0) is 11.2 Å². The van der Waals surface area contributed by atoms with Crippen LogP contribution in [0.5, 0.6) is 0 Å². The van der Waals surface area contributed by atoms with Gasteiger partial charge in [-0.2, -0.15) is 0 Å². The number of aryl methyl sites for hydroxylation is 2. The second-order valence-electron chi connectivity index (χ2n) is 5.85. The molecule has 0 spiro atoms. The number of fused-ring (bicyclic) bond motifs is 1. The van der Waals surface area contributed by atoms with Gasteiger partial charge in [0.1, 0.15) is 15.7 Å². The summed E-state index contributed by atoms with van der Waals surface area (Å²) in [5, 5.41) is 1.72. The average Bonchev–Trinajstić information content (AvgIpc) is 3.04. The van der Waals surface area contributed by atoms with E-state index in [1.807, 2.05) is 51.2 Å². The highest BCUT2D eigenvalue weighted by Gasteiger charge is 2.22. The quantitative estimate of drug-likeness (QED) is 0.481. The first-order valence-corrected chi connectivity index (χ1v) is 9.95. The van der Waals surface area contributed by atoms with Gasteiger partial charge in [0.25, 0.3) is 0 Å². The fourth-order valence-electron chi connectivity index (χ4n) is 2.58. The summed E-state index contributed by atoms with van der Waals surface area (Å²) < 4.78 is 0. The van der Waals surface area contributed by atoms with Gasteiger partial charge < -0.3 is 4.90 Å². The van der Waals surface area contributed by atoms with Crippen molar-refractivity contribution in [3.63, 3.8) is 0 Å². The molecule has 130 valence electrons. The summed E-state index contributed by atoms with van der Waals surface area (Å²) in [5.41, 5.74) is 0.896. The average molecular weight is 372 g/mol. The summed E-state index contributed by atoms with van der Waals surface area (Å²) >= 11 is 3.21. The van der Waals surface area contributed by atoms with Crippen molar-refractivity contribution in [2.75, 3.05) is 11.9 Å². The van der Waals surface area contributed by atoms with Crippen molar-refractivity contribution in [1.29, 1.82) is 0 Å². The number of benzene rings is 1. The lowest BCUT2D eigenvalue weighted by molar-refractivity contribution is -0.117. The van der Waals surface area contributed by atoms with Crippen molar-refractivity contribution in [2.45, 2.75) is 37.5 Å². The number of rotatable bonds is 5. The zero-order valence-corrected chi connectivity index (χ0v) is 16.4. The summed E-state index contributed by atoms with van der Waals surface area (Å²) in [5.74, 6) is 0.808. The SMILES string of the molecule is CCc1cc2c(SC(C)C(=O)N(C)c3ccccc3)nc(C)nc2s1. The molecule has 0 aliphatic heterocycles. The maximum Gasteiger partial charge on any atom is 0.239 e. The normalized spacial score (nSPS) is 12.3. The lowest BCUT2D eigenvalue weighted by atomic mass is 10.3. The van der Waals surface area contributed by atoms with Crippen molar-refractivity contribution in [1.82, 2.24) is 9.97 Å². The Kier molecular flexibility index (Phi) is 5.39. The summed E-state index contributed by atoms with van der Waals surface area (Å²) in [6.45, 7) is 5.97. The Labute approximate surface area is 156 Å². The fourth-order valence-corrected chi connectivity index (χ4v) is 4.72. The van der Waals surface area contributed by atoms with Gasteiger partial charge in [-0.25, -0.2) is 9.97 Å². The van der Waals surface area contributed by atoms with E-state index in [9.17, 15) is 4.79 Å². The van der Waals surface area contributed by atoms with Crippen LogP contribution < -0.4 is 4.90 Å². The number of aromatic nitrogens is 2. The summed E-state index contributed by atoms with van der Waals surface area (Å²) in [4.78, 5) is 25.9. The summed E-state index contributed by atoms with van der Waals surface area (Å²) in [6, 6.07) is 11.9.